The number of ether oxygens (including phenoxy) is 3. The molecule has 118 valence electrons. The third-order valence-electron chi connectivity index (χ3n) is 3.44. The number of nitrogens with one attached hydrogen (secondary N) is 1. The first kappa shape index (κ1) is 16.5. The summed E-state index contributed by atoms with van der Waals surface area (Å²) < 4.78 is 16.5. The number of halogens is 1. The normalized spacial score (nSPS) is 12.4. The molecule has 2 aromatic rings. The lowest BCUT2D eigenvalue weighted by Gasteiger charge is -2.19. The number of para-hydroxylation sites is 1. The van der Waals surface area contributed by atoms with Crippen molar-refractivity contribution >= 4 is 12.4 Å². The van der Waals surface area contributed by atoms with Crippen LogP contribution in [0.4, 0.5) is 0 Å². The summed E-state index contributed by atoms with van der Waals surface area (Å²) in [6.07, 6.45) is 0. The highest BCUT2D eigenvalue weighted by molar-refractivity contribution is 5.85. The second-order valence-corrected chi connectivity index (χ2v) is 4.89. The topological polar surface area (TPSA) is 39.7 Å². The third kappa shape index (κ3) is 3.84. The molecule has 0 saturated carbocycles. The van der Waals surface area contributed by atoms with Crippen LogP contribution in [0.1, 0.15) is 11.1 Å². The molecule has 0 radical (unpaired) electrons. The molecule has 0 atom stereocenters. The number of hydrogen-bond donors (Lipinski definition) is 1. The van der Waals surface area contributed by atoms with E-state index in [1.807, 2.05) is 30.3 Å². The van der Waals surface area contributed by atoms with Gasteiger partial charge in [0.25, 0.3) is 0 Å². The molecule has 22 heavy (non-hydrogen) atoms. The van der Waals surface area contributed by atoms with E-state index in [-0.39, 0.29) is 12.4 Å². The smallest absolute Gasteiger partial charge is 0.161 e. The van der Waals surface area contributed by atoms with E-state index < -0.39 is 0 Å². The average Bonchev–Trinajstić information content (AvgIpc) is 2.55. The predicted octanol–water partition coefficient (Wildman–Crippen LogP) is 3.18. The molecule has 1 heterocycles. The van der Waals surface area contributed by atoms with Gasteiger partial charge in [0.05, 0.1) is 7.11 Å². The fraction of sp³-hybridized carbons (Fsp3) is 0.294. The molecule has 0 aromatic heterocycles. The van der Waals surface area contributed by atoms with E-state index >= 15 is 0 Å². The van der Waals surface area contributed by atoms with Crippen LogP contribution in [0, 0.1) is 0 Å². The first-order valence-corrected chi connectivity index (χ1v) is 7.08. The maximum atomic E-state index is 5.59. The van der Waals surface area contributed by atoms with Crippen LogP contribution in [0.2, 0.25) is 0 Å². The van der Waals surface area contributed by atoms with Crippen LogP contribution in [-0.2, 0) is 13.1 Å². The second-order valence-electron chi connectivity index (χ2n) is 4.89. The summed E-state index contributed by atoms with van der Waals surface area (Å²) in [4.78, 5) is 0. The molecule has 0 bridgehead atoms. The van der Waals surface area contributed by atoms with Gasteiger partial charge in [0, 0.05) is 18.7 Å². The maximum absolute atomic E-state index is 5.59. The van der Waals surface area contributed by atoms with Crippen molar-refractivity contribution in [3.8, 4) is 17.2 Å². The quantitative estimate of drug-likeness (QED) is 0.918. The summed E-state index contributed by atoms with van der Waals surface area (Å²) in [5.74, 6) is 2.57. The summed E-state index contributed by atoms with van der Waals surface area (Å²) >= 11 is 0. The molecule has 0 unspecified atom stereocenters. The van der Waals surface area contributed by atoms with Gasteiger partial charge in [-0.25, -0.2) is 0 Å². The van der Waals surface area contributed by atoms with Gasteiger partial charge in [-0.1, -0.05) is 24.3 Å². The molecule has 5 heteroatoms. The van der Waals surface area contributed by atoms with E-state index in [1.165, 1.54) is 5.56 Å². The van der Waals surface area contributed by atoms with E-state index in [1.54, 1.807) is 7.11 Å². The Morgan fingerprint density at radius 1 is 1.00 bits per heavy atom. The Hall–Kier alpha value is -1.91. The van der Waals surface area contributed by atoms with Crippen molar-refractivity contribution in [1.82, 2.24) is 5.32 Å². The van der Waals surface area contributed by atoms with E-state index in [9.17, 15) is 0 Å². The summed E-state index contributed by atoms with van der Waals surface area (Å²) in [5.41, 5.74) is 2.33. The summed E-state index contributed by atoms with van der Waals surface area (Å²) in [5, 5.41) is 3.42. The number of methoxy groups -OCH3 is 1. The van der Waals surface area contributed by atoms with Crippen LogP contribution >= 0.6 is 12.4 Å². The van der Waals surface area contributed by atoms with Crippen molar-refractivity contribution in [3.63, 3.8) is 0 Å². The number of fused-ring (bicyclic) bond motifs is 1. The molecular formula is C17H20ClNO3. The summed E-state index contributed by atoms with van der Waals surface area (Å²) in [6, 6.07) is 14.1. The minimum Gasteiger partial charge on any atom is -0.496 e. The monoisotopic (exact) mass is 321 g/mol. The van der Waals surface area contributed by atoms with Crippen molar-refractivity contribution in [2.75, 3.05) is 20.3 Å². The Labute approximate surface area is 136 Å². The van der Waals surface area contributed by atoms with Gasteiger partial charge in [-0.2, -0.15) is 0 Å². The molecule has 0 saturated heterocycles. The number of benzene rings is 2. The van der Waals surface area contributed by atoms with E-state index in [2.05, 4.69) is 17.4 Å². The molecule has 0 aliphatic carbocycles. The minimum absolute atomic E-state index is 0. The van der Waals surface area contributed by atoms with Crippen LogP contribution in [0.25, 0.3) is 0 Å². The second kappa shape index (κ2) is 7.92. The largest absolute Gasteiger partial charge is 0.496 e. The Morgan fingerprint density at radius 3 is 2.59 bits per heavy atom. The van der Waals surface area contributed by atoms with Gasteiger partial charge in [-0.15, -0.1) is 12.4 Å². The Kier molecular flexibility index (Phi) is 5.92. The van der Waals surface area contributed by atoms with Crippen molar-refractivity contribution in [1.29, 1.82) is 0 Å². The van der Waals surface area contributed by atoms with Crippen molar-refractivity contribution in [2.45, 2.75) is 13.1 Å². The van der Waals surface area contributed by atoms with Crippen LogP contribution in [0.15, 0.2) is 42.5 Å². The zero-order valence-electron chi connectivity index (χ0n) is 12.5. The van der Waals surface area contributed by atoms with Crippen LogP contribution in [-0.4, -0.2) is 20.3 Å². The van der Waals surface area contributed by atoms with E-state index in [4.69, 9.17) is 14.2 Å². The van der Waals surface area contributed by atoms with E-state index in [0.29, 0.717) is 13.2 Å². The summed E-state index contributed by atoms with van der Waals surface area (Å²) in [7, 11) is 1.69. The fourth-order valence-electron chi connectivity index (χ4n) is 2.39. The van der Waals surface area contributed by atoms with Crippen LogP contribution in [0.3, 0.4) is 0 Å². The van der Waals surface area contributed by atoms with Crippen molar-refractivity contribution < 1.29 is 14.2 Å². The minimum atomic E-state index is 0. The molecule has 2 aromatic carbocycles. The van der Waals surface area contributed by atoms with Gasteiger partial charge < -0.3 is 19.5 Å². The molecule has 4 nitrogen and oxygen atoms in total. The number of rotatable bonds is 5. The highest BCUT2D eigenvalue weighted by atomic mass is 35.5. The van der Waals surface area contributed by atoms with Gasteiger partial charge in [0.15, 0.2) is 11.5 Å². The maximum Gasteiger partial charge on any atom is 0.161 e. The highest BCUT2D eigenvalue weighted by Gasteiger charge is 2.11. The van der Waals surface area contributed by atoms with Crippen LogP contribution < -0.4 is 19.5 Å². The molecule has 1 N–H and O–H groups in total. The number of hydrogen-bond acceptors (Lipinski definition) is 4. The first-order chi connectivity index (χ1) is 10.4. The van der Waals surface area contributed by atoms with Gasteiger partial charge in [-0.3, -0.25) is 0 Å². The van der Waals surface area contributed by atoms with Crippen molar-refractivity contribution in [2.24, 2.45) is 0 Å². The zero-order chi connectivity index (χ0) is 14.5. The molecule has 1 aliphatic heterocycles. The third-order valence-corrected chi connectivity index (χ3v) is 3.44. The lowest BCUT2D eigenvalue weighted by atomic mass is 10.1. The Bertz CT molecular complexity index is 619. The zero-order valence-corrected chi connectivity index (χ0v) is 13.3. The lowest BCUT2D eigenvalue weighted by molar-refractivity contribution is 0.171. The molecule has 0 amide bonds. The van der Waals surface area contributed by atoms with Gasteiger partial charge in [-0.05, 0) is 23.8 Å². The SMILES string of the molecule is COc1ccccc1CNCc1ccc2c(c1)OCCO2.Cl. The van der Waals surface area contributed by atoms with Gasteiger partial charge in [0.1, 0.15) is 19.0 Å². The fourth-order valence-corrected chi connectivity index (χ4v) is 2.39. The standard InChI is InChI=1S/C17H19NO3.ClH/c1-19-15-5-3-2-4-14(15)12-18-11-13-6-7-16-17(10-13)21-9-8-20-16;/h2-7,10,18H,8-9,11-12H2,1H3;1H. The van der Waals surface area contributed by atoms with Crippen LogP contribution in [0.5, 0.6) is 17.2 Å². The first-order valence-electron chi connectivity index (χ1n) is 7.08. The summed E-state index contributed by atoms with van der Waals surface area (Å²) in [6.45, 7) is 2.77. The van der Waals surface area contributed by atoms with Crippen molar-refractivity contribution in [3.05, 3.63) is 53.6 Å². The van der Waals surface area contributed by atoms with Gasteiger partial charge >= 0.3 is 0 Å². The van der Waals surface area contributed by atoms with Gasteiger partial charge in [0.2, 0.25) is 0 Å². The predicted molar refractivity (Wildman–Crippen MR) is 88.2 cm³/mol. The molecule has 0 fully saturated rings. The Balaban J connectivity index is 0.00000176. The molecule has 0 spiro atoms. The molecular weight excluding hydrogens is 302 g/mol. The van der Waals surface area contributed by atoms with E-state index in [0.717, 1.165) is 35.9 Å². The lowest BCUT2D eigenvalue weighted by Crippen LogP contribution is -2.17. The highest BCUT2D eigenvalue weighted by Crippen LogP contribution is 2.30. The molecule has 1 aliphatic rings. The Morgan fingerprint density at radius 2 is 1.77 bits per heavy atom. The average molecular weight is 322 g/mol. The molecule has 3 rings (SSSR count).